The Labute approximate surface area is 175 Å². The number of fused-ring (bicyclic) bond motifs is 1. The first kappa shape index (κ1) is 20.5. The highest BCUT2D eigenvalue weighted by Gasteiger charge is 2.33. The molecule has 7 nitrogen and oxygen atoms in total. The fourth-order valence-corrected chi connectivity index (χ4v) is 4.20. The molecule has 1 saturated heterocycles. The predicted molar refractivity (Wildman–Crippen MR) is 108 cm³/mol. The molecule has 0 spiro atoms. The minimum atomic E-state index is -0.551. The lowest BCUT2D eigenvalue weighted by Crippen LogP contribution is -2.56. The van der Waals surface area contributed by atoms with E-state index in [0.717, 1.165) is 48.3 Å². The first-order valence-electron chi connectivity index (χ1n) is 10.5. The van der Waals surface area contributed by atoms with Crippen LogP contribution in [0.2, 0.25) is 0 Å². The molecule has 0 radical (unpaired) electrons. The molecule has 8 heteroatoms. The zero-order valence-corrected chi connectivity index (χ0v) is 17.2. The van der Waals surface area contributed by atoms with Crippen LogP contribution in [0.15, 0.2) is 28.8 Å². The summed E-state index contributed by atoms with van der Waals surface area (Å²) in [7, 11) is 1.73. The van der Waals surface area contributed by atoms with Gasteiger partial charge in [0.1, 0.15) is 17.3 Å². The minimum Gasteiger partial charge on any atom is -0.361 e. The van der Waals surface area contributed by atoms with Crippen LogP contribution in [0.4, 0.5) is 4.39 Å². The highest BCUT2D eigenvalue weighted by molar-refractivity contribution is 5.88. The van der Waals surface area contributed by atoms with Crippen molar-refractivity contribution in [1.29, 1.82) is 0 Å². The molecule has 1 aromatic carbocycles. The van der Waals surface area contributed by atoms with Gasteiger partial charge in [-0.2, -0.15) is 0 Å². The van der Waals surface area contributed by atoms with E-state index in [4.69, 9.17) is 4.52 Å². The third-order valence-corrected chi connectivity index (χ3v) is 5.95. The van der Waals surface area contributed by atoms with Gasteiger partial charge in [-0.3, -0.25) is 14.5 Å². The van der Waals surface area contributed by atoms with Crippen molar-refractivity contribution < 1.29 is 18.5 Å². The van der Waals surface area contributed by atoms with Crippen molar-refractivity contribution in [1.82, 2.24) is 20.3 Å². The SMILES string of the molecule is CN(Cc1noc2c1CCCC2)C(=O)C[C@H]1C(=O)NCCN1Cc1ccc(F)cc1. The second kappa shape index (κ2) is 8.95. The quantitative estimate of drug-likeness (QED) is 0.783. The molecule has 1 aromatic heterocycles. The molecule has 4 rings (SSSR count). The lowest BCUT2D eigenvalue weighted by atomic mass is 9.96. The maximum Gasteiger partial charge on any atom is 0.237 e. The molecular weight excluding hydrogens is 387 g/mol. The number of nitrogens with zero attached hydrogens (tertiary/aromatic N) is 3. The van der Waals surface area contributed by atoms with Gasteiger partial charge in [0.25, 0.3) is 0 Å². The number of nitrogens with one attached hydrogen (secondary N) is 1. The molecule has 0 saturated carbocycles. The van der Waals surface area contributed by atoms with E-state index in [1.165, 1.54) is 12.1 Å². The number of halogens is 1. The van der Waals surface area contributed by atoms with E-state index < -0.39 is 6.04 Å². The van der Waals surface area contributed by atoms with Crippen molar-refractivity contribution in [2.75, 3.05) is 20.1 Å². The molecule has 30 heavy (non-hydrogen) atoms. The van der Waals surface area contributed by atoms with Gasteiger partial charge in [0, 0.05) is 38.7 Å². The molecule has 1 aliphatic heterocycles. The van der Waals surface area contributed by atoms with E-state index in [-0.39, 0.29) is 24.1 Å². The highest BCUT2D eigenvalue weighted by atomic mass is 19.1. The maximum absolute atomic E-state index is 13.2. The molecule has 0 unspecified atom stereocenters. The lowest BCUT2D eigenvalue weighted by molar-refractivity contribution is -0.138. The van der Waals surface area contributed by atoms with Crippen molar-refractivity contribution >= 4 is 11.8 Å². The Balaban J connectivity index is 1.40. The van der Waals surface area contributed by atoms with E-state index >= 15 is 0 Å². The van der Waals surface area contributed by atoms with E-state index in [9.17, 15) is 14.0 Å². The molecule has 160 valence electrons. The molecule has 1 fully saturated rings. The average molecular weight is 414 g/mol. The van der Waals surface area contributed by atoms with Gasteiger partial charge in [-0.05, 0) is 37.0 Å². The van der Waals surface area contributed by atoms with Crippen LogP contribution < -0.4 is 5.32 Å². The topological polar surface area (TPSA) is 78.7 Å². The number of piperazine rings is 1. The molecule has 1 aliphatic carbocycles. The summed E-state index contributed by atoms with van der Waals surface area (Å²) in [5, 5.41) is 7.02. The van der Waals surface area contributed by atoms with E-state index in [1.807, 2.05) is 4.90 Å². The van der Waals surface area contributed by atoms with Crippen LogP contribution in [0.1, 0.15) is 41.8 Å². The molecule has 1 N–H and O–H groups in total. The molecule has 2 aromatic rings. The predicted octanol–water partition coefficient (Wildman–Crippen LogP) is 2.04. The summed E-state index contributed by atoms with van der Waals surface area (Å²) in [4.78, 5) is 29.0. The Morgan fingerprint density at radius 3 is 2.87 bits per heavy atom. The number of aryl methyl sites for hydroxylation is 1. The molecule has 2 heterocycles. The first-order chi connectivity index (χ1) is 14.5. The van der Waals surface area contributed by atoms with Crippen molar-refractivity contribution in [2.24, 2.45) is 0 Å². The largest absolute Gasteiger partial charge is 0.361 e. The number of carbonyl (C=O) groups is 2. The zero-order chi connectivity index (χ0) is 21.1. The van der Waals surface area contributed by atoms with Crippen LogP contribution in [0, 0.1) is 5.82 Å². The Morgan fingerprint density at radius 1 is 1.30 bits per heavy atom. The summed E-state index contributed by atoms with van der Waals surface area (Å²) in [6.07, 6.45) is 4.15. The van der Waals surface area contributed by atoms with Gasteiger partial charge in [-0.1, -0.05) is 17.3 Å². The second-order valence-corrected chi connectivity index (χ2v) is 8.10. The zero-order valence-electron chi connectivity index (χ0n) is 17.2. The summed E-state index contributed by atoms with van der Waals surface area (Å²) in [6.45, 7) is 2.04. The number of carbonyl (C=O) groups excluding carboxylic acids is 2. The molecule has 0 bridgehead atoms. The molecule has 1 atom stereocenters. The maximum atomic E-state index is 13.2. The first-order valence-corrected chi connectivity index (χ1v) is 10.5. The van der Waals surface area contributed by atoms with Gasteiger partial charge in [0.15, 0.2) is 0 Å². The van der Waals surface area contributed by atoms with Crippen molar-refractivity contribution in [2.45, 2.75) is 51.2 Å². The number of aromatic nitrogens is 1. The van der Waals surface area contributed by atoms with Crippen LogP contribution in [-0.2, 0) is 35.5 Å². The Bertz CT molecular complexity index is 912. The number of hydrogen-bond donors (Lipinski definition) is 1. The Hall–Kier alpha value is -2.74. The second-order valence-electron chi connectivity index (χ2n) is 8.10. The third-order valence-electron chi connectivity index (χ3n) is 5.95. The van der Waals surface area contributed by atoms with E-state index in [0.29, 0.717) is 26.2 Å². The standard InChI is InChI=1S/C22H27FN4O3/c1-26(14-18-17-4-2-3-5-20(17)30-25-18)21(28)12-19-22(29)24-10-11-27(19)13-15-6-8-16(23)9-7-15/h6-9,19H,2-5,10-14H2,1H3,(H,24,29)/t19-/m0/s1. The summed E-state index contributed by atoms with van der Waals surface area (Å²) in [5.41, 5.74) is 2.86. The third kappa shape index (κ3) is 4.53. The number of benzene rings is 1. The van der Waals surface area contributed by atoms with E-state index in [1.54, 1.807) is 24.1 Å². The summed E-state index contributed by atoms with van der Waals surface area (Å²) in [6, 6.07) is 5.68. The number of hydrogen-bond acceptors (Lipinski definition) is 5. The van der Waals surface area contributed by atoms with Gasteiger partial charge in [0.05, 0.1) is 19.0 Å². The van der Waals surface area contributed by atoms with Crippen molar-refractivity contribution in [3.63, 3.8) is 0 Å². The van der Waals surface area contributed by atoms with E-state index in [2.05, 4.69) is 10.5 Å². The van der Waals surface area contributed by atoms with Gasteiger partial charge < -0.3 is 14.7 Å². The van der Waals surface area contributed by atoms with Crippen molar-refractivity contribution in [3.8, 4) is 0 Å². The summed E-state index contributed by atoms with van der Waals surface area (Å²) >= 11 is 0. The van der Waals surface area contributed by atoms with Crippen molar-refractivity contribution in [3.05, 3.63) is 52.7 Å². The fourth-order valence-electron chi connectivity index (χ4n) is 4.20. The Kier molecular flexibility index (Phi) is 6.13. The molecular formula is C22H27FN4O3. The number of amides is 2. The Morgan fingerprint density at radius 2 is 2.07 bits per heavy atom. The smallest absolute Gasteiger partial charge is 0.237 e. The molecule has 2 aliphatic rings. The van der Waals surface area contributed by atoms with Crippen LogP contribution in [0.5, 0.6) is 0 Å². The highest BCUT2D eigenvalue weighted by Crippen LogP contribution is 2.25. The number of rotatable bonds is 6. The van der Waals surface area contributed by atoms with Gasteiger partial charge in [-0.15, -0.1) is 0 Å². The van der Waals surface area contributed by atoms with Gasteiger partial charge in [0.2, 0.25) is 11.8 Å². The monoisotopic (exact) mass is 414 g/mol. The normalized spacial score (nSPS) is 19.3. The molecule has 2 amide bonds. The van der Waals surface area contributed by atoms with Gasteiger partial charge in [-0.25, -0.2) is 4.39 Å². The summed E-state index contributed by atoms with van der Waals surface area (Å²) < 4.78 is 18.6. The van der Waals surface area contributed by atoms with Crippen LogP contribution >= 0.6 is 0 Å². The fraction of sp³-hybridized carbons (Fsp3) is 0.500. The minimum absolute atomic E-state index is 0.0869. The van der Waals surface area contributed by atoms with Crippen LogP contribution in [-0.4, -0.2) is 52.9 Å². The van der Waals surface area contributed by atoms with Gasteiger partial charge >= 0.3 is 0 Å². The average Bonchev–Trinajstić information content (AvgIpc) is 3.15. The summed E-state index contributed by atoms with van der Waals surface area (Å²) in [5.74, 6) is 0.380. The van der Waals surface area contributed by atoms with Crippen LogP contribution in [0.3, 0.4) is 0 Å². The van der Waals surface area contributed by atoms with Crippen LogP contribution in [0.25, 0.3) is 0 Å². The lowest BCUT2D eigenvalue weighted by Gasteiger charge is -2.35.